The number of fused-ring (bicyclic) bond motifs is 4. The number of ketones is 2. The van der Waals surface area contributed by atoms with Crippen LogP contribution in [0.1, 0.15) is 16.8 Å². The topological polar surface area (TPSA) is 34.1 Å². The van der Waals surface area contributed by atoms with E-state index in [0.717, 1.165) is 16.7 Å². The molecule has 0 aromatic heterocycles. The number of hydrogen-bond donors (Lipinski definition) is 0. The molecule has 2 aliphatic carbocycles. The first-order chi connectivity index (χ1) is 10.3. The number of allylic oxidation sites excluding steroid dienone is 4. The molecule has 0 atom stereocenters. The summed E-state index contributed by atoms with van der Waals surface area (Å²) in [4.78, 5) is 24.6. The van der Waals surface area contributed by atoms with Gasteiger partial charge in [0.05, 0.1) is 5.57 Å². The molecule has 4 rings (SSSR count). The summed E-state index contributed by atoms with van der Waals surface area (Å²) in [7, 11) is 0. The molecule has 2 heteroatoms. The zero-order valence-electron chi connectivity index (χ0n) is 11.3. The van der Waals surface area contributed by atoms with E-state index >= 15 is 0 Å². The third-order valence-electron chi connectivity index (χ3n) is 4.04. The fourth-order valence-electron chi connectivity index (χ4n) is 3.02. The second-order valence-electron chi connectivity index (χ2n) is 5.24. The van der Waals surface area contributed by atoms with Crippen LogP contribution in [-0.2, 0) is 4.79 Å². The van der Waals surface area contributed by atoms with Gasteiger partial charge in [0, 0.05) is 17.5 Å². The molecule has 2 aromatic carbocycles. The SMILES string of the molecule is O=C1CC=CC=C1C(=O)c1cccc2c1-c1ccccc1-2. The summed E-state index contributed by atoms with van der Waals surface area (Å²) >= 11 is 0. The standard InChI is InChI=1S/C19H12O2/c20-17-11-4-3-8-15(17)19(21)16-10-5-9-14-12-6-1-2-7-13(12)18(14)16/h1-10H,11H2. The number of benzene rings is 2. The Morgan fingerprint density at radius 2 is 1.67 bits per heavy atom. The fraction of sp³-hybridized carbons (Fsp3) is 0.0526. The van der Waals surface area contributed by atoms with Crippen molar-refractivity contribution in [1.82, 2.24) is 0 Å². The van der Waals surface area contributed by atoms with Crippen LogP contribution in [0.2, 0.25) is 0 Å². The van der Waals surface area contributed by atoms with Gasteiger partial charge in [-0.05, 0) is 22.8 Å². The maximum absolute atomic E-state index is 12.7. The average Bonchev–Trinajstić information content (AvgIpc) is 2.51. The van der Waals surface area contributed by atoms with E-state index in [0.29, 0.717) is 12.0 Å². The van der Waals surface area contributed by atoms with Crippen LogP contribution in [-0.4, -0.2) is 11.6 Å². The van der Waals surface area contributed by atoms with Crippen LogP contribution >= 0.6 is 0 Å². The van der Waals surface area contributed by atoms with Crippen LogP contribution < -0.4 is 0 Å². The highest BCUT2D eigenvalue weighted by Gasteiger charge is 2.29. The van der Waals surface area contributed by atoms with Gasteiger partial charge in [0.1, 0.15) is 0 Å². The molecule has 0 amide bonds. The molecule has 0 saturated heterocycles. The van der Waals surface area contributed by atoms with Gasteiger partial charge in [0.25, 0.3) is 0 Å². The van der Waals surface area contributed by atoms with Crippen molar-refractivity contribution < 1.29 is 9.59 Å². The van der Waals surface area contributed by atoms with Crippen LogP contribution in [0.3, 0.4) is 0 Å². The van der Waals surface area contributed by atoms with E-state index in [1.807, 2.05) is 36.4 Å². The minimum Gasteiger partial charge on any atom is -0.294 e. The molecular weight excluding hydrogens is 260 g/mol. The van der Waals surface area contributed by atoms with Crippen LogP contribution in [0.5, 0.6) is 0 Å². The molecule has 0 saturated carbocycles. The van der Waals surface area contributed by atoms with Gasteiger partial charge in [0.15, 0.2) is 11.6 Å². The fourth-order valence-corrected chi connectivity index (χ4v) is 3.02. The van der Waals surface area contributed by atoms with E-state index in [1.54, 1.807) is 18.2 Å². The van der Waals surface area contributed by atoms with Crippen LogP contribution in [0, 0.1) is 0 Å². The van der Waals surface area contributed by atoms with Crippen LogP contribution in [0.15, 0.2) is 66.3 Å². The van der Waals surface area contributed by atoms with E-state index in [2.05, 4.69) is 6.07 Å². The Morgan fingerprint density at radius 3 is 2.48 bits per heavy atom. The monoisotopic (exact) mass is 272 g/mol. The summed E-state index contributed by atoms with van der Waals surface area (Å²) in [5.74, 6) is -0.275. The van der Waals surface area contributed by atoms with E-state index in [1.165, 1.54) is 5.56 Å². The molecule has 2 aromatic rings. The Hall–Kier alpha value is -2.74. The van der Waals surface area contributed by atoms with Crippen LogP contribution in [0.4, 0.5) is 0 Å². The summed E-state index contributed by atoms with van der Waals surface area (Å²) in [6, 6.07) is 13.7. The van der Waals surface area contributed by atoms with Gasteiger partial charge in [-0.25, -0.2) is 0 Å². The molecule has 0 unspecified atom stereocenters. The third-order valence-corrected chi connectivity index (χ3v) is 4.04. The maximum Gasteiger partial charge on any atom is 0.197 e. The first kappa shape index (κ1) is 12.0. The quantitative estimate of drug-likeness (QED) is 0.522. The molecule has 0 heterocycles. The molecule has 2 nitrogen and oxygen atoms in total. The summed E-state index contributed by atoms with van der Waals surface area (Å²) < 4.78 is 0. The lowest BCUT2D eigenvalue weighted by Gasteiger charge is -2.26. The molecule has 0 spiro atoms. The van der Waals surface area contributed by atoms with Crippen LogP contribution in [0.25, 0.3) is 22.3 Å². The predicted octanol–water partition coefficient (Wildman–Crippen LogP) is 3.97. The number of rotatable bonds is 2. The zero-order valence-corrected chi connectivity index (χ0v) is 11.3. The Balaban J connectivity index is 1.84. The maximum atomic E-state index is 12.7. The third kappa shape index (κ3) is 1.66. The summed E-state index contributed by atoms with van der Waals surface area (Å²) in [5.41, 5.74) is 5.25. The molecule has 0 fully saturated rings. The normalized spacial score (nSPS) is 14.9. The van der Waals surface area contributed by atoms with Gasteiger partial charge in [-0.15, -0.1) is 0 Å². The number of Topliss-reactive ketones (excluding diaryl/α,β-unsaturated/α-hetero) is 2. The largest absolute Gasteiger partial charge is 0.294 e. The van der Waals surface area contributed by atoms with E-state index < -0.39 is 0 Å². The first-order valence-electron chi connectivity index (χ1n) is 6.95. The van der Waals surface area contributed by atoms with E-state index in [4.69, 9.17) is 0 Å². The lowest BCUT2D eigenvalue weighted by Crippen LogP contribution is -2.17. The predicted molar refractivity (Wildman–Crippen MR) is 82.0 cm³/mol. The molecular formula is C19H12O2. The van der Waals surface area contributed by atoms with E-state index in [9.17, 15) is 9.59 Å². The average molecular weight is 272 g/mol. The minimum absolute atomic E-state index is 0.104. The van der Waals surface area contributed by atoms with Crippen molar-refractivity contribution >= 4 is 11.6 Å². The van der Waals surface area contributed by atoms with Crippen molar-refractivity contribution in [3.63, 3.8) is 0 Å². The number of carbonyl (C=O) groups is 2. The van der Waals surface area contributed by atoms with Gasteiger partial charge in [-0.1, -0.05) is 54.6 Å². The molecule has 0 N–H and O–H groups in total. The smallest absolute Gasteiger partial charge is 0.197 e. The second-order valence-corrected chi connectivity index (χ2v) is 5.24. The second kappa shape index (κ2) is 4.38. The van der Waals surface area contributed by atoms with Crippen molar-refractivity contribution in [2.24, 2.45) is 0 Å². The number of carbonyl (C=O) groups excluding carboxylic acids is 2. The highest BCUT2D eigenvalue weighted by molar-refractivity contribution is 6.30. The highest BCUT2D eigenvalue weighted by atomic mass is 16.1. The van der Waals surface area contributed by atoms with Gasteiger partial charge in [-0.2, -0.15) is 0 Å². The molecule has 0 radical (unpaired) electrons. The van der Waals surface area contributed by atoms with Gasteiger partial charge < -0.3 is 0 Å². The lowest BCUT2D eigenvalue weighted by molar-refractivity contribution is -0.114. The van der Waals surface area contributed by atoms with Gasteiger partial charge in [0.2, 0.25) is 0 Å². The summed E-state index contributed by atoms with van der Waals surface area (Å²) in [6.45, 7) is 0. The summed E-state index contributed by atoms with van der Waals surface area (Å²) in [5, 5.41) is 0. The van der Waals surface area contributed by atoms with Crippen molar-refractivity contribution in [2.45, 2.75) is 6.42 Å². The zero-order chi connectivity index (χ0) is 14.4. The van der Waals surface area contributed by atoms with Crippen molar-refractivity contribution in [3.8, 4) is 22.3 Å². The summed E-state index contributed by atoms with van der Waals surface area (Å²) in [6.07, 6.45) is 5.48. The Kier molecular flexibility index (Phi) is 2.51. The molecule has 0 bridgehead atoms. The first-order valence-corrected chi connectivity index (χ1v) is 6.95. The van der Waals surface area contributed by atoms with Gasteiger partial charge in [-0.3, -0.25) is 9.59 Å². The lowest BCUT2D eigenvalue weighted by atomic mass is 9.76. The molecule has 2 aliphatic rings. The van der Waals surface area contributed by atoms with Crippen molar-refractivity contribution in [3.05, 3.63) is 71.8 Å². The van der Waals surface area contributed by atoms with Crippen molar-refractivity contribution in [2.75, 3.05) is 0 Å². The van der Waals surface area contributed by atoms with E-state index in [-0.39, 0.29) is 17.1 Å². The molecule has 100 valence electrons. The Morgan fingerprint density at radius 1 is 0.905 bits per heavy atom. The molecule has 0 aliphatic heterocycles. The highest BCUT2D eigenvalue weighted by Crippen LogP contribution is 2.49. The minimum atomic E-state index is -0.171. The van der Waals surface area contributed by atoms with Crippen molar-refractivity contribution in [1.29, 1.82) is 0 Å². The molecule has 21 heavy (non-hydrogen) atoms. The van der Waals surface area contributed by atoms with Gasteiger partial charge >= 0.3 is 0 Å². The Bertz CT molecular complexity index is 854. The Labute approximate surface area is 122 Å². The number of hydrogen-bond acceptors (Lipinski definition) is 2.